The molecule has 1 atom stereocenters. The molecule has 3 nitrogen and oxygen atoms in total. The maximum absolute atomic E-state index is 14.1. The van der Waals surface area contributed by atoms with E-state index < -0.39 is 11.9 Å². The van der Waals surface area contributed by atoms with Gasteiger partial charge in [-0.3, -0.25) is 0 Å². The first-order chi connectivity index (χ1) is 9.06. The second kappa shape index (κ2) is 5.86. The van der Waals surface area contributed by atoms with Crippen molar-refractivity contribution in [2.24, 2.45) is 0 Å². The molecule has 1 aromatic heterocycles. The number of hydrogen-bond donors (Lipinski definition) is 1. The highest BCUT2D eigenvalue weighted by Crippen LogP contribution is 2.34. The fraction of sp³-hybridized carbons (Fsp3) is 0.154. The Morgan fingerprint density at radius 3 is 2.79 bits per heavy atom. The molecule has 0 bridgehead atoms. The summed E-state index contributed by atoms with van der Waals surface area (Å²) in [5.41, 5.74) is 0.446. The van der Waals surface area contributed by atoms with E-state index in [1.165, 1.54) is 19.4 Å². The van der Waals surface area contributed by atoms with Crippen LogP contribution < -0.4 is 4.74 Å². The third-order valence-corrected chi connectivity index (χ3v) is 3.91. The van der Waals surface area contributed by atoms with Crippen LogP contribution in [0, 0.1) is 5.82 Å². The van der Waals surface area contributed by atoms with Gasteiger partial charge in [-0.1, -0.05) is 17.7 Å². The zero-order chi connectivity index (χ0) is 14.0. The van der Waals surface area contributed by atoms with Crippen molar-refractivity contribution in [2.75, 3.05) is 7.11 Å². The van der Waals surface area contributed by atoms with E-state index in [-0.39, 0.29) is 16.5 Å². The van der Waals surface area contributed by atoms with Crippen LogP contribution in [0.4, 0.5) is 4.39 Å². The summed E-state index contributed by atoms with van der Waals surface area (Å²) in [7, 11) is 1.43. The average Bonchev–Trinajstić information content (AvgIpc) is 2.44. The molecule has 19 heavy (non-hydrogen) atoms. The van der Waals surface area contributed by atoms with Gasteiger partial charge in [-0.25, -0.2) is 9.37 Å². The van der Waals surface area contributed by atoms with Gasteiger partial charge in [-0.05, 0) is 34.1 Å². The van der Waals surface area contributed by atoms with Crippen LogP contribution in [0.1, 0.15) is 17.2 Å². The Morgan fingerprint density at radius 1 is 1.37 bits per heavy atom. The zero-order valence-corrected chi connectivity index (χ0v) is 12.2. The van der Waals surface area contributed by atoms with Gasteiger partial charge in [0.05, 0.1) is 12.1 Å². The van der Waals surface area contributed by atoms with E-state index in [4.69, 9.17) is 16.3 Å². The molecule has 0 aliphatic heterocycles. The minimum Gasteiger partial charge on any atom is -0.481 e. The molecule has 0 aliphatic rings. The van der Waals surface area contributed by atoms with Gasteiger partial charge in [0.25, 0.3) is 0 Å². The van der Waals surface area contributed by atoms with E-state index in [9.17, 15) is 9.50 Å². The summed E-state index contributed by atoms with van der Waals surface area (Å²) in [5.74, 6) is -0.428. The summed E-state index contributed by atoms with van der Waals surface area (Å²) in [6.07, 6.45) is 0.328. The number of benzene rings is 1. The molecular weight excluding hydrogens is 337 g/mol. The highest BCUT2D eigenvalue weighted by atomic mass is 79.9. The number of methoxy groups -OCH3 is 1. The normalized spacial score (nSPS) is 12.3. The van der Waals surface area contributed by atoms with Crippen LogP contribution in [0.2, 0.25) is 5.02 Å². The number of nitrogens with zero attached hydrogens (tertiary/aromatic N) is 1. The Kier molecular flexibility index (Phi) is 4.39. The van der Waals surface area contributed by atoms with E-state index in [1.54, 1.807) is 18.2 Å². The summed E-state index contributed by atoms with van der Waals surface area (Å²) in [5, 5.41) is 10.2. The van der Waals surface area contributed by atoms with Gasteiger partial charge < -0.3 is 9.84 Å². The average molecular weight is 347 g/mol. The molecule has 100 valence electrons. The second-order valence-electron chi connectivity index (χ2n) is 3.77. The smallest absolute Gasteiger partial charge is 0.219 e. The van der Waals surface area contributed by atoms with E-state index in [0.717, 1.165) is 0 Å². The number of halogens is 3. The van der Waals surface area contributed by atoms with Gasteiger partial charge in [0.1, 0.15) is 11.9 Å². The minimum atomic E-state index is -1.20. The van der Waals surface area contributed by atoms with Crippen molar-refractivity contribution in [3.63, 3.8) is 0 Å². The van der Waals surface area contributed by atoms with Gasteiger partial charge in [0.15, 0.2) is 0 Å². The minimum absolute atomic E-state index is 0.0690. The highest BCUT2D eigenvalue weighted by molar-refractivity contribution is 9.10. The summed E-state index contributed by atoms with van der Waals surface area (Å²) < 4.78 is 19.5. The predicted molar refractivity (Wildman–Crippen MR) is 74.0 cm³/mol. The molecule has 2 aromatic rings. The van der Waals surface area contributed by atoms with Gasteiger partial charge in [-0.15, -0.1) is 0 Å². The number of aliphatic hydroxyl groups excluding tert-OH is 1. The fourth-order valence-electron chi connectivity index (χ4n) is 1.70. The zero-order valence-electron chi connectivity index (χ0n) is 9.90. The first-order valence-electron chi connectivity index (χ1n) is 5.36. The Balaban J connectivity index is 2.50. The van der Waals surface area contributed by atoms with Crippen LogP contribution in [0.15, 0.2) is 34.9 Å². The second-order valence-corrected chi connectivity index (χ2v) is 5.00. The number of pyridine rings is 1. The first kappa shape index (κ1) is 14.2. The standard InChI is InChI=1S/C13H10BrClFNO2/c1-19-13-8(3-2-6-17-13)12(18)7-4-5-9(14)10(15)11(7)16/h2-6,12,18H,1H3. The maximum Gasteiger partial charge on any atom is 0.219 e. The van der Waals surface area contributed by atoms with Gasteiger partial charge in [0, 0.05) is 21.8 Å². The lowest BCUT2D eigenvalue weighted by molar-refractivity contribution is 0.208. The molecule has 0 aliphatic carbocycles. The molecule has 1 unspecified atom stereocenters. The molecule has 0 saturated heterocycles. The molecular formula is C13H10BrClFNO2. The van der Waals surface area contributed by atoms with Crippen molar-refractivity contribution >= 4 is 27.5 Å². The van der Waals surface area contributed by atoms with Crippen molar-refractivity contribution < 1.29 is 14.2 Å². The van der Waals surface area contributed by atoms with Crippen LogP contribution in [0.3, 0.4) is 0 Å². The third-order valence-electron chi connectivity index (χ3n) is 2.65. The van der Waals surface area contributed by atoms with E-state index in [2.05, 4.69) is 20.9 Å². The Bertz CT molecular complexity index is 609. The number of rotatable bonds is 3. The van der Waals surface area contributed by atoms with Gasteiger partial charge >= 0.3 is 0 Å². The lowest BCUT2D eigenvalue weighted by atomic mass is 10.0. The Morgan fingerprint density at radius 2 is 2.11 bits per heavy atom. The largest absolute Gasteiger partial charge is 0.481 e. The molecule has 1 N–H and O–H groups in total. The van der Waals surface area contributed by atoms with Crippen LogP contribution >= 0.6 is 27.5 Å². The monoisotopic (exact) mass is 345 g/mol. The van der Waals surface area contributed by atoms with Crippen LogP contribution in [0.25, 0.3) is 0 Å². The summed E-state index contributed by atoms with van der Waals surface area (Å²) in [6, 6.07) is 6.29. The summed E-state index contributed by atoms with van der Waals surface area (Å²) in [4.78, 5) is 3.97. The van der Waals surface area contributed by atoms with Crippen molar-refractivity contribution in [3.05, 3.63) is 56.9 Å². The lowest BCUT2D eigenvalue weighted by Gasteiger charge is -2.15. The molecule has 0 amide bonds. The highest BCUT2D eigenvalue weighted by Gasteiger charge is 2.21. The fourth-order valence-corrected chi connectivity index (χ4v) is 2.18. The van der Waals surface area contributed by atoms with Crippen LogP contribution in [0.5, 0.6) is 5.88 Å². The summed E-state index contributed by atoms with van der Waals surface area (Å²) >= 11 is 8.93. The van der Waals surface area contributed by atoms with Crippen molar-refractivity contribution in [3.8, 4) is 5.88 Å². The number of ether oxygens (including phenoxy) is 1. The van der Waals surface area contributed by atoms with Crippen LogP contribution in [-0.4, -0.2) is 17.2 Å². The molecule has 0 radical (unpaired) electrons. The Labute approximate surface area is 123 Å². The number of aliphatic hydroxyl groups is 1. The van der Waals surface area contributed by atoms with Crippen molar-refractivity contribution in [2.45, 2.75) is 6.10 Å². The number of hydrogen-bond acceptors (Lipinski definition) is 3. The SMILES string of the molecule is COc1ncccc1C(O)c1ccc(Br)c(Cl)c1F. The molecule has 1 aromatic carbocycles. The molecule has 0 fully saturated rings. The molecule has 1 heterocycles. The van der Waals surface area contributed by atoms with E-state index >= 15 is 0 Å². The van der Waals surface area contributed by atoms with E-state index in [1.807, 2.05) is 0 Å². The Hall–Kier alpha value is -1.17. The molecule has 6 heteroatoms. The van der Waals surface area contributed by atoms with Crippen molar-refractivity contribution in [1.29, 1.82) is 0 Å². The topological polar surface area (TPSA) is 42.4 Å². The van der Waals surface area contributed by atoms with Crippen LogP contribution in [-0.2, 0) is 0 Å². The van der Waals surface area contributed by atoms with Gasteiger partial charge in [-0.2, -0.15) is 0 Å². The quantitative estimate of drug-likeness (QED) is 0.861. The van der Waals surface area contributed by atoms with Crippen molar-refractivity contribution in [1.82, 2.24) is 4.98 Å². The first-order valence-corrected chi connectivity index (χ1v) is 6.53. The molecule has 0 saturated carbocycles. The van der Waals surface area contributed by atoms with E-state index in [0.29, 0.717) is 10.0 Å². The lowest BCUT2D eigenvalue weighted by Crippen LogP contribution is -2.06. The molecule has 0 spiro atoms. The molecule has 2 rings (SSSR count). The number of aromatic nitrogens is 1. The third kappa shape index (κ3) is 2.73. The maximum atomic E-state index is 14.1. The predicted octanol–water partition coefficient (Wildman–Crippen LogP) is 3.73. The van der Waals surface area contributed by atoms with Gasteiger partial charge in [0.2, 0.25) is 5.88 Å². The summed E-state index contributed by atoms with van der Waals surface area (Å²) in [6.45, 7) is 0.